The van der Waals surface area contributed by atoms with Crippen LogP contribution in [0.5, 0.6) is 0 Å². The van der Waals surface area contributed by atoms with Crippen molar-refractivity contribution in [2.45, 2.75) is 38.9 Å². The number of urea groups is 1. The second-order valence-corrected chi connectivity index (χ2v) is 6.91. The number of amides is 4. The minimum Gasteiger partial charge on any atom is -0.465 e. The first-order valence-corrected chi connectivity index (χ1v) is 9.11. The number of rotatable bonds is 7. The minimum absolute atomic E-state index is 0.0570. The van der Waals surface area contributed by atoms with Gasteiger partial charge in [-0.2, -0.15) is 0 Å². The first-order chi connectivity index (χ1) is 12.8. The van der Waals surface area contributed by atoms with Crippen molar-refractivity contribution in [1.29, 1.82) is 0 Å². The molecular weight excluding hydrogens is 350 g/mol. The second kappa shape index (κ2) is 9.40. The Bertz CT molecular complexity index is 672. The highest BCUT2D eigenvalue weighted by Gasteiger charge is 2.37. The number of carbonyl (C=O) groups excluding carboxylic acids is 3. The molecule has 2 atom stereocenters. The molecule has 2 rings (SSSR count). The van der Waals surface area contributed by atoms with E-state index in [1.807, 2.05) is 30.9 Å². The van der Waals surface area contributed by atoms with E-state index in [0.717, 1.165) is 11.5 Å². The van der Waals surface area contributed by atoms with Crippen LogP contribution >= 0.6 is 0 Å². The topological polar surface area (TPSA) is 107 Å². The summed E-state index contributed by atoms with van der Waals surface area (Å²) in [7, 11) is 3.21. The number of aryl methyl sites for hydroxylation is 1. The van der Waals surface area contributed by atoms with Gasteiger partial charge in [-0.3, -0.25) is 14.5 Å². The highest BCUT2D eigenvalue weighted by Crippen LogP contribution is 2.22. The van der Waals surface area contributed by atoms with Crippen molar-refractivity contribution in [3.63, 3.8) is 0 Å². The maximum absolute atomic E-state index is 12.4. The van der Waals surface area contributed by atoms with Gasteiger partial charge in [0.05, 0.1) is 19.1 Å². The second-order valence-electron chi connectivity index (χ2n) is 6.91. The molecule has 0 radical (unpaired) electrons. The highest BCUT2D eigenvalue weighted by atomic mass is 16.3. The molecule has 1 saturated heterocycles. The van der Waals surface area contributed by atoms with Crippen molar-refractivity contribution < 1.29 is 18.8 Å². The molecule has 2 heterocycles. The van der Waals surface area contributed by atoms with E-state index in [1.165, 1.54) is 4.90 Å². The van der Waals surface area contributed by atoms with Gasteiger partial charge in [0.15, 0.2) is 0 Å². The molecular formula is C18H29N5O4. The van der Waals surface area contributed by atoms with Gasteiger partial charge in [-0.15, -0.1) is 0 Å². The monoisotopic (exact) mass is 379 g/mol. The SMILES string of the molecule is CCNC(=O)[C@@H]1C[C@H](NC(=O)CNC(=O)N(C)C)CN1Cc1ccc(C)o1. The predicted octanol–water partition coefficient (Wildman–Crippen LogP) is 0.0544. The summed E-state index contributed by atoms with van der Waals surface area (Å²) < 4.78 is 5.62. The Hall–Kier alpha value is -2.55. The summed E-state index contributed by atoms with van der Waals surface area (Å²) in [5, 5.41) is 8.28. The van der Waals surface area contributed by atoms with E-state index in [2.05, 4.69) is 16.0 Å². The third-order valence-electron chi connectivity index (χ3n) is 4.38. The number of hydrogen-bond donors (Lipinski definition) is 3. The number of nitrogens with one attached hydrogen (secondary N) is 3. The molecule has 0 aromatic carbocycles. The van der Waals surface area contributed by atoms with Gasteiger partial charge in [0, 0.05) is 33.2 Å². The fourth-order valence-corrected chi connectivity index (χ4v) is 3.11. The lowest BCUT2D eigenvalue weighted by Crippen LogP contribution is -2.45. The third kappa shape index (κ3) is 5.99. The van der Waals surface area contributed by atoms with Crippen molar-refractivity contribution >= 4 is 17.8 Å². The molecule has 0 saturated carbocycles. The molecule has 0 unspecified atom stereocenters. The minimum atomic E-state index is -0.336. The zero-order valence-corrected chi connectivity index (χ0v) is 16.4. The van der Waals surface area contributed by atoms with E-state index in [0.29, 0.717) is 26.1 Å². The Morgan fingerprint density at radius 2 is 2.00 bits per heavy atom. The van der Waals surface area contributed by atoms with Gasteiger partial charge in [0.25, 0.3) is 0 Å². The molecule has 1 aliphatic rings. The number of likely N-dealkylation sites (N-methyl/N-ethyl adjacent to an activating group) is 1. The lowest BCUT2D eigenvalue weighted by atomic mass is 10.1. The van der Waals surface area contributed by atoms with Gasteiger partial charge in [-0.05, 0) is 32.4 Å². The van der Waals surface area contributed by atoms with Crippen molar-refractivity contribution in [3.05, 3.63) is 23.7 Å². The Balaban J connectivity index is 1.95. The van der Waals surface area contributed by atoms with Crippen molar-refractivity contribution in [3.8, 4) is 0 Å². The number of carbonyl (C=O) groups is 3. The zero-order valence-electron chi connectivity index (χ0n) is 16.4. The van der Waals surface area contributed by atoms with Crippen LogP contribution in [0.4, 0.5) is 4.79 Å². The lowest BCUT2D eigenvalue weighted by molar-refractivity contribution is -0.125. The van der Waals surface area contributed by atoms with Gasteiger partial charge >= 0.3 is 6.03 Å². The molecule has 3 N–H and O–H groups in total. The van der Waals surface area contributed by atoms with Crippen LogP contribution in [-0.4, -0.2) is 73.5 Å². The lowest BCUT2D eigenvalue weighted by Gasteiger charge is -2.22. The largest absolute Gasteiger partial charge is 0.465 e. The Morgan fingerprint density at radius 1 is 1.26 bits per heavy atom. The normalized spacial score (nSPS) is 19.6. The molecule has 150 valence electrons. The fourth-order valence-electron chi connectivity index (χ4n) is 3.11. The van der Waals surface area contributed by atoms with Crippen LogP contribution in [0, 0.1) is 6.92 Å². The first kappa shape index (κ1) is 20.8. The maximum atomic E-state index is 12.4. The molecule has 0 bridgehead atoms. The van der Waals surface area contributed by atoms with Crippen LogP contribution in [0.1, 0.15) is 24.9 Å². The van der Waals surface area contributed by atoms with E-state index in [9.17, 15) is 14.4 Å². The molecule has 1 fully saturated rings. The van der Waals surface area contributed by atoms with E-state index in [-0.39, 0.29) is 36.5 Å². The quantitative estimate of drug-likeness (QED) is 0.621. The average molecular weight is 379 g/mol. The molecule has 27 heavy (non-hydrogen) atoms. The van der Waals surface area contributed by atoms with E-state index in [4.69, 9.17) is 4.42 Å². The van der Waals surface area contributed by atoms with E-state index >= 15 is 0 Å². The van der Waals surface area contributed by atoms with Gasteiger partial charge in [0.2, 0.25) is 11.8 Å². The molecule has 1 aromatic rings. The third-order valence-corrected chi connectivity index (χ3v) is 4.38. The van der Waals surface area contributed by atoms with Crippen LogP contribution in [0.3, 0.4) is 0 Å². The summed E-state index contributed by atoms with van der Waals surface area (Å²) >= 11 is 0. The molecule has 4 amide bonds. The molecule has 1 aliphatic heterocycles. The Kier molecular flexibility index (Phi) is 7.23. The summed E-state index contributed by atoms with van der Waals surface area (Å²) in [5.74, 6) is 1.27. The van der Waals surface area contributed by atoms with Crippen molar-refractivity contribution in [2.24, 2.45) is 0 Å². The molecule has 1 aromatic heterocycles. The number of nitrogens with zero attached hydrogens (tertiary/aromatic N) is 2. The van der Waals surface area contributed by atoms with Crippen molar-refractivity contribution in [2.75, 3.05) is 33.7 Å². The van der Waals surface area contributed by atoms with Crippen molar-refractivity contribution in [1.82, 2.24) is 25.8 Å². The Labute approximate surface area is 159 Å². The first-order valence-electron chi connectivity index (χ1n) is 9.11. The van der Waals surface area contributed by atoms with Crippen LogP contribution < -0.4 is 16.0 Å². The smallest absolute Gasteiger partial charge is 0.317 e. The molecule has 9 heteroatoms. The summed E-state index contributed by atoms with van der Waals surface area (Å²) in [5.41, 5.74) is 0. The number of hydrogen-bond acceptors (Lipinski definition) is 5. The summed E-state index contributed by atoms with van der Waals surface area (Å²) in [6.45, 7) is 5.24. The van der Waals surface area contributed by atoms with Crippen LogP contribution in [0.15, 0.2) is 16.5 Å². The van der Waals surface area contributed by atoms with Crippen LogP contribution in [-0.2, 0) is 16.1 Å². The highest BCUT2D eigenvalue weighted by molar-refractivity contribution is 5.85. The number of likely N-dealkylation sites (tertiary alicyclic amines) is 1. The van der Waals surface area contributed by atoms with E-state index < -0.39 is 0 Å². The summed E-state index contributed by atoms with van der Waals surface area (Å²) in [4.78, 5) is 39.4. The molecule has 9 nitrogen and oxygen atoms in total. The Morgan fingerprint density at radius 3 is 2.59 bits per heavy atom. The van der Waals surface area contributed by atoms with Crippen LogP contribution in [0.2, 0.25) is 0 Å². The average Bonchev–Trinajstić information content (AvgIpc) is 3.19. The summed E-state index contributed by atoms with van der Waals surface area (Å²) in [6, 6.07) is 2.95. The van der Waals surface area contributed by atoms with Gasteiger partial charge in [0.1, 0.15) is 11.5 Å². The molecule has 0 aliphatic carbocycles. The maximum Gasteiger partial charge on any atom is 0.317 e. The van der Waals surface area contributed by atoms with E-state index in [1.54, 1.807) is 14.1 Å². The predicted molar refractivity (Wildman–Crippen MR) is 100.0 cm³/mol. The zero-order chi connectivity index (χ0) is 20.0. The molecule has 0 spiro atoms. The van der Waals surface area contributed by atoms with Gasteiger partial charge < -0.3 is 25.3 Å². The fraction of sp³-hybridized carbons (Fsp3) is 0.611. The summed E-state index contributed by atoms with van der Waals surface area (Å²) in [6.07, 6.45) is 0.513. The van der Waals surface area contributed by atoms with Gasteiger partial charge in [-0.1, -0.05) is 0 Å². The number of furan rings is 1. The standard InChI is InChI=1S/C18H29N5O4/c1-5-19-17(25)15-8-13(21-16(24)9-20-18(26)22(3)4)10-23(15)11-14-7-6-12(2)27-14/h6-7,13,15H,5,8-11H2,1-4H3,(H,19,25)(H,20,26)(H,21,24)/t13-,15-/m0/s1. The van der Waals surface area contributed by atoms with Gasteiger partial charge in [-0.25, -0.2) is 4.79 Å². The van der Waals surface area contributed by atoms with Crippen LogP contribution in [0.25, 0.3) is 0 Å².